The molecule has 1 heterocycles. The van der Waals surface area contributed by atoms with Crippen LogP contribution in [0, 0.1) is 46.3 Å². The van der Waals surface area contributed by atoms with Gasteiger partial charge in [-0.1, -0.05) is 71.6 Å². The second-order valence-corrected chi connectivity index (χ2v) is 18.4. The molecular weight excluding hydrogens is 659 g/mol. The summed E-state index contributed by atoms with van der Waals surface area (Å²) in [6, 6.07) is 8.11. The molecule has 1 aromatic carbocycles. The fourth-order valence-electron chi connectivity index (χ4n) is 11.7. The molecular formula is C46H69N3O4. The van der Waals surface area contributed by atoms with Crippen molar-refractivity contribution in [3.05, 3.63) is 42.1 Å². The number of esters is 1. The minimum absolute atomic E-state index is 0.0660. The number of methoxy groups -OCH3 is 1. The van der Waals surface area contributed by atoms with Crippen molar-refractivity contribution in [1.82, 2.24) is 10.3 Å². The molecule has 1 aromatic heterocycles. The van der Waals surface area contributed by atoms with Gasteiger partial charge in [0.15, 0.2) is 0 Å². The first-order valence-corrected chi connectivity index (χ1v) is 21.3. The first-order valence-electron chi connectivity index (χ1n) is 21.3. The Balaban J connectivity index is 0.912. The number of allylic oxidation sites excluding steroid dienone is 1. The number of rotatable bonds is 16. The molecule has 2 aromatic rings. The van der Waals surface area contributed by atoms with Crippen molar-refractivity contribution in [2.24, 2.45) is 46.3 Å². The normalized spacial score (nSPS) is 30.4. The Morgan fingerprint density at radius 2 is 1.79 bits per heavy atom. The number of nitrogens with zero attached hydrogens (tertiary/aromatic N) is 1. The molecule has 0 radical (unpaired) electrons. The topological polar surface area (TPSA) is 89.6 Å². The summed E-state index contributed by atoms with van der Waals surface area (Å²) in [5, 5.41) is 7.59. The smallest absolute Gasteiger partial charge is 0.306 e. The highest BCUT2D eigenvalue weighted by Gasteiger charge is 2.59. The van der Waals surface area contributed by atoms with Crippen LogP contribution in [0.2, 0.25) is 0 Å². The van der Waals surface area contributed by atoms with E-state index in [0.29, 0.717) is 12.0 Å². The molecule has 0 aliphatic heterocycles. The van der Waals surface area contributed by atoms with Crippen LogP contribution in [0.5, 0.6) is 5.75 Å². The molecule has 292 valence electrons. The minimum Gasteiger partial charge on any atom is -0.497 e. The standard InChI is InChI=1S/C46H69N3O4/c1-30(2)11-8-12-31(3)38-17-18-39-37-16-15-34-28-35(21-23-45(34,5)40(37)22-24-46(38,39)6)53-43(51)20-19-42(50)47-25-9-13-32(4)49-41-29-36(52-7)27-33-14-10-26-48-44(33)41/h10,14-15,26-27,29-32,35,37-40,49H,8-9,11-13,16-25,28H2,1-7H3,(H,47,50)/t31-,32?,35+,37+,38-,39+,40+,45+,46-/m1/s1. The molecule has 3 fully saturated rings. The number of fused-ring (bicyclic) bond motifs is 6. The Morgan fingerprint density at radius 3 is 2.58 bits per heavy atom. The van der Waals surface area contributed by atoms with E-state index >= 15 is 0 Å². The molecule has 1 amide bonds. The summed E-state index contributed by atoms with van der Waals surface area (Å²) < 4.78 is 11.5. The van der Waals surface area contributed by atoms with Gasteiger partial charge in [0.25, 0.3) is 0 Å². The van der Waals surface area contributed by atoms with Gasteiger partial charge in [-0.15, -0.1) is 0 Å². The van der Waals surface area contributed by atoms with Gasteiger partial charge in [-0.2, -0.15) is 0 Å². The van der Waals surface area contributed by atoms with Crippen LogP contribution in [-0.2, 0) is 14.3 Å². The zero-order valence-corrected chi connectivity index (χ0v) is 34.0. The Kier molecular flexibility index (Phi) is 12.8. The van der Waals surface area contributed by atoms with Gasteiger partial charge in [-0.05, 0) is 123 Å². The van der Waals surface area contributed by atoms with Gasteiger partial charge in [0.2, 0.25) is 5.91 Å². The van der Waals surface area contributed by atoms with Crippen molar-refractivity contribution < 1.29 is 19.1 Å². The van der Waals surface area contributed by atoms with Gasteiger partial charge in [0.1, 0.15) is 11.9 Å². The first-order chi connectivity index (χ1) is 25.4. The van der Waals surface area contributed by atoms with Crippen LogP contribution in [-0.4, -0.2) is 42.7 Å². The van der Waals surface area contributed by atoms with E-state index in [1.54, 1.807) is 18.9 Å². The van der Waals surface area contributed by atoms with E-state index in [4.69, 9.17) is 9.47 Å². The van der Waals surface area contributed by atoms with Crippen molar-refractivity contribution in [3.8, 4) is 5.75 Å². The lowest BCUT2D eigenvalue weighted by Gasteiger charge is -2.58. The molecule has 6 rings (SSSR count). The van der Waals surface area contributed by atoms with Gasteiger partial charge in [0, 0.05) is 43.1 Å². The summed E-state index contributed by atoms with van der Waals surface area (Å²) in [7, 11) is 1.67. The predicted molar refractivity (Wildman–Crippen MR) is 216 cm³/mol. The number of hydrogen-bond acceptors (Lipinski definition) is 6. The highest BCUT2D eigenvalue weighted by molar-refractivity contribution is 5.92. The molecule has 53 heavy (non-hydrogen) atoms. The number of nitrogens with one attached hydrogen (secondary N) is 2. The van der Waals surface area contributed by atoms with Gasteiger partial charge in [-0.3, -0.25) is 14.6 Å². The highest BCUT2D eigenvalue weighted by atomic mass is 16.5. The predicted octanol–water partition coefficient (Wildman–Crippen LogP) is 10.7. The number of ether oxygens (including phenoxy) is 2. The van der Waals surface area contributed by atoms with Crippen LogP contribution >= 0.6 is 0 Å². The maximum absolute atomic E-state index is 12.9. The lowest BCUT2D eigenvalue weighted by atomic mass is 9.47. The third kappa shape index (κ3) is 8.91. The zero-order chi connectivity index (χ0) is 37.8. The van der Waals surface area contributed by atoms with Gasteiger partial charge in [-0.25, -0.2) is 0 Å². The van der Waals surface area contributed by atoms with Crippen LogP contribution in [0.3, 0.4) is 0 Å². The summed E-state index contributed by atoms with van der Waals surface area (Å²) in [5.74, 6) is 5.40. The average molecular weight is 728 g/mol. The number of amides is 1. The first kappa shape index (κ1) is 39.6. The summed E-state index contributed by atoms with van der Waals surface area (Å²) in [6.07, 6.45) is 20.1. The highest BCUT2D eigenvalue weighted by Crippen LogP contribution is 2.67. The maximum Gasteiger partial charge on any atom is 0.306 e. The van der Waals surface area contributed by atoms with Crippen LogP contribution < -0.4 is 15.4 Å². The third-order valence-corrected chi connectivity index (χ3v) is 14.6. The number of anilines is 1. The molecule has 0 spiro atoms. The molecule has 2 N–H and O–H groups in total. The van der Waals surface area contributed by atoms with E-state index < -0.39 is 0 Å². The summed E-state index contributed by atoms with van der Waals surface area (Å²) in [6.45, 7) is 15.2. The van der Waals surface area contributed by atoms with E-state index in [2.05, 4.69) is 63.2 Å². The number of hydrogen-bond donors (Lipinski definition) is 2. The number of pyridine rings is 1. The molecule has 4 aliphatic carbocycles. The Labute approximate surface area is 320 Å². The molecule has 0 saturated heterocycles. The van der Waals surface area contributed by atoms with Crippen LogP contribution in [0.4, 0.5) is 5.69 Å². The Morgan fingerprint density at radius 1 is 0.962 bits per heavy atom. The van der Waals surface area contributed by atoms with Crippen molar-refractivity contribution >= 4 is 28.5 Å². The van der Waals surface area contributed by atoms with Crippen LogP contribution in [0.1, 0.15) is 138 Å². The summed E-state index contributed by atoms with van der Waals surface area (Å²) in [4.78, 5) is 30.1. The van der Waals surface area contributed by atoms with E-state index in [1.807, 2.05) is 24.3 Å². The molecule has 0 bridgehead atoms. The third-order valence-electron chi connectivity index (χ3n) is 14.6. The SMILES string of the molecule is COc1cc(NC(C)CCCNC(=O)CCC(=O)O[C@H]2CC[C@@]3(C)C(=CC[C@H]4[C@@H]5CC[C@H]([C@H](C)CCCC(C)C)[C@@]5(C)CC[C@@H]43)C2)c2ncccc2c1. The fourth-order valence-corrected chi connectivity index (χ4v) is 11.7. The van der Waals surface area contributed by atoms with E-state index in [0.717, 1.165) is 90.0 Å². The fraction of sp³-hybridized carbons (Fsp3) is 0.717. The Bertz CT molecular complexity index is 1600. The number of carbonyl (C=O) groups is 2. The van der Waals surface area contributed by atoms with Gasteiger partial charge in [0.05, 0.1) is 24.7 Å². The lowest BCUT2D eigenvalue weighted by molar-refractivity contribution is -0.152. The second kappa shape index (κ2) is 17.1. The molecule has 1 unspecified atom stereocenters. The summed E-state index contributed by atoms with van der Waals surface area (Å²) >= 11 is 0. The minimum atomic E-state index is -0.243. The second-order valence-electron chi connectivity index (χ2n) is 18.4. The van der Waals surface area contributed by atoms with Crippen molar-refractivity contribution in [1.29, 1.82) is 0 Å². The largest absolute Gasteiger partial charge is 0.497 e. The number of benzene rings is 1. The van der Waals surface area contributed by atoms with Crippen LogP contribution in [0.15, 0.2) is 42.1 Å². The molecule has 7 heteroatoms. The van der Waals surface area contributed by atoms with E-state index in [1.165, 1.54) is 51.4 Å². The molecule has 7 nitrogen and oxygen atoms in total. The maximum atomic E-state index is 12.9. The molecule has 3 saturated carbocycles. The average Bonchev–Trinajstić information content (AvgIpc) is 3.49. The number of carbonyl (C=O) groups excluding carboxylic acids is 2. The molecule has 4 aliphatic rings. The zero-order valence-electron chi connectivity index (χ0n) is 34.0. The van der Waals surface area contributed by atoms with Crippen molar-refractivity contribution in [3.63, 3.8) is 0 Å². The van der Waals surface area contributed by atoms with Gasteiger partial charge < -0.3 is 20.1 Å². The van der Waals surface area contributed by atoms with E-state index in [-0.39, 0.29) is 42.3 Å². The van der Waals surface area contributed by atoms with Gasteiger partial charge >= 0.3 is 5.97 Å². The summed E-state index contributed by atoms with van der Waals surface area (Å²) in [5.41, 5.74) is 4.14. The lowest BCUT2D eigenvalue weighted by Crippen LogP contribution is -2.51. The monoisotopic (exact) mass is 728 g/mol. The number of aromatic nitrogens is 1. The van der Waals surface area contributed by atoms with Crippen LogP contribution in [0.25, 0.3) is 10.9 Å². The van der Waals surface area contributed by atoms with E-state index in [9.17, 15) is 9.59 Å². The molecule has 9 atom stereocenters. The van der Waals surface area contributed by atoms with Crippen molar-refractivity contribution in [2.45, 2.75) is 150 Å². The quantitative estimate of drug-likeness (QED) is 0.102. The Hall–Kier alpha value is -3.09. The van der Waals surface area contributed by atoms with Crippen molar-refractivity contribution in [2.75, 3.05) is 19.0 Å².